The maximum atomic E-state index is 13.1. The van der Waals surface area contributed by atoms with Crippen LogP contribution in [-0.4, -0.2) is 18.5 Å². The molecule has 0 fully saturated rings. The number of Topliss-reactive ketones (excluding diaryl/α,β-unsaturated/α-hetero) is 1. The summed E-state index contributed by atoms with van der Waals surface area (Å²) in [6.45, 7) is 5.07. The molecule has 0 aliphatic heterocycles. The van der Waals surface area contributed by atoms with Gasteiger partial charge in [-0.25, -0.2) is 4.39 Å². The maximum Gasteiger partial charge on any atom is 0.194 e. The SMILES string of the molecule is COC(C)(C)C(=O)c1cc(C)cc(F)c1. The van der Waals surface area contributed by atoms with E-state index in [1.165, 1.54) is 19.2 Å². The summed E-state index contributed by atoms with van der Waals surface area (Å²) in [5.41, 5.74) is 0.157. The molecule has 0 atom stereocenters. The van der Waals surface area contributed by atoms with Crippen LogP contribution < -0.4 is 0 Å². The van der Waals surface area contributed by atoms with Crippen molar-refractivity contribution in [3.63, 3.8) is 0 Å². The molecule has 0 saturated heterocycles. The Labute approximate surface area is 89.1 Å². The van der Waals surface area contributed by atoms with E-state index in [1.54, 1.807) is 26.8 Å². The molecule has 0 N–H and O–H groups in total. The molecule has 1 aromatic rings. The summed E-state index contributed by atoms with van der Waals surface area (Å²) < 4.78 is 18.1. The van der Waals surface area contributed by atoms with Gasteiger partial charge in [0.25, 0.3) is 0 Å². The van der Waals surface area contributed by atoms with Gasteiger partial charge in [0.1, 0.15) is 11.4 Å². The van der Waals surface area contributed by atoms with Crippen molar-refractivity contribution in [3.8, 4) is 0 Å². The lowest BCUT2D eigenvalue weighted by Gasteiger charge is -2.21. The van der Waals surface area contributed by atoms with Crippen molar-refractivity contribution < 1.29 is 13.9 Å². The van der Waals surface area contributed by atoms with E-state index in [-0.39, 0.29) is 5.78 Å². The van der Waals surface area contributed by atoms with Crippen molar-refractivity contribution in [3.05, 3.63) is 35.1 Å². The first-order valence-electron chi connectivity index (χ1n) is 4.74. The molecule has 2 nitrogen and oxygen atoms in total. The lowest BCUT2D eigenvalue weighted by molar-refractivity contribution is 0.0228. The number of benzene rings is 1. The number of carbonyl (C=O) groups excluding carboxylic acids is 1. The molecule has 0 aliphatic rings. The Balaban J connectivity index is 3.12. The number of ketones is 1. The highest BCUT2D eigenvalue weighted by molar-refractivity contribution is 6.02. The van der Waals surface area contributed by atoms with E-state index in [0.29, 0.717) is 5.56 Å². The quantitative estimate of drug-likeness (QED) is 0.717. The summed E-state index contributed by atoms with van der Waals surface area (Å²) in [5.74, 6) is -0.613. The van der Waals surface area contributed by atoms with Gasteiger partial charge < -0.3 is 4.74 Å². The van der Waals surface area contributed by atoms with E-state index in [9.17, 15) is 9.18 Å². The summed E-state index contributed by atoms with van der Waals surface area (Å²) in [7, 11) is 1.46. The zero-order valence-corrected chi connectivity index (χ0v) is 9.43. The van der Waals surface area contributed by atoms with Crippen LogP contribution in [0, 0.1) is 12.7 Å². The van der Waals surface area contributed by atoms with Gasteiger partial charge >= 0.3 is 0 Å². The molecular weight excluding hydrogens is 195 g/mol. The van der Waals surface area contributed by atoms with Gasteiger partial charge in [0.05, 0.1) is 0 Å². The molecule has 82 valence electrons. The third kappa shape index (κ3) is 2.63. The van der Waals surface area contributed by atoms with Crippen molar-refractivity contribution in [2.45, 2.75) is 26.4 Å². The van der Waals surface area contributed by atoms with Gasteiger partial charge in [0.15, 0.2) is 5.78 Å². The molecule has 1 rings (SSSR count). The molecule has 0 saturated carbocycles. The van der Waals surface area contributed by atoms with Crippen LogP contribution in [0.1, 0.15) is 29.8 Å². The molecule has 15 heavy (non-hydrogen) atoms. The summed E-state index contributed by atoms with van der Waals surface area (Å²) >= 11 is 0. The summed E-state index contributed by atoms with van der Waals surface area (Å²) in [6.07, 6.45) is 0. The molecule has 0 heterocycles. The molecule has 0 spiro atoms. The number of hydrogen-bond acceptors (Lipinski definition) is 2. The average Bonchev–Trinajstić information content (AvgIpc) is 2.15. The number of methoxy groups -OCH3 is 1. The number of ether oxygens (including phenoxy) is 1. The van der Waals surface area contributed by atoms with Crippen LogP contribution >= 0.6 is 0 Å². The van der Waals surface area contributed by atoms with Gasteiger partial charge in [-0.2, -0.15) is 0 Å². The molecule has 0 unspecified atom stereocenters. The molecule has 1 aromatic carbocycles. The minimum Gasteiger partial charge on any atom is -0.371 e. The molecule has 0 amide bonds. The van der Waals surface area contributed by atoms with Crippen molar-refractivity contribution in [2.24, 2.45) is 0 Å². The second-order valence-corrected chi connectivity index (χ2v) is 4.06. The van der Waals surface area contributed by atoms with Crippen molar-refractivity contribution in [1.82, 2.24) is 0 Å². The topological polar surface area (TPSA) is 26.3 Å². The Hall–Kier alpha value is -1.22. The Kier molecular flexibility index (Phi) is 3.25. The number of carbonyl (C=O) groups is 1. The first-order valence-corrected chi connectivity index (χ1v) is 4.74. The largest absolute Gasteiger partial charge is 0.371 e. The Morgan fingerprint density at radius 3 is 2.40 bits per heavy atom. The number of rotatable bonds is 3. The number of aryl methyl sites for hydroxylation is 1. The Morgan fingerprint density at radius 2 is 1.93 bits per heavy atom. The minimum atomic E-state index is -0.916. The highest BCUT2D eigenvalue weighted by Gasteiger charge is 2.28. The lowest BCUT2D eigenvalue weighted by Crippen LogP contribution is -2.33. The third-order valence-corrected chi connectivity index (χ3v) is 2.36. The monoisotopic (exact) mass is 210 g/mol. The van der Waals surface area contributed by atoms with Gasteiger partial charge in [0, 0.05) is 12.7 Å². The van der Waals surface area contributed by atoms with E-state index >= 15 is 0 Å². The highest BCUT2D eigenvalue weighted by atomic mass is 19.1. The van der Waals surface area contributed by atoms with Gasteiger partial charge in [-0.05, 0) is 44.5 Å². The zero-order chi connectivity index (χ0) is 11.6. The second kappa shape index (κ2) is 4.11. The van der Waals surface area contributed by atoms with Crippen LogP contribution in [0.2, 0.25) is 0 Å². The van der Waals surface area contributed by atoms with Crippen molar-refractivity contribution in [2.75, 3.05) is 7.11 Å². The van der Waals surface area contributed by atoms with Crippen molar-refractivity contribution in [1.29, 1.82) is 0 Å². The highest BCUT2D eigenvalue weighted by Crippen LogP contribution is 2.18. The van der Waals surface area contributed by atoms with Crippen LogP contribution in [0.3, 0.4) is 0 Å². The second-order valence-electron chi connectivity index (χ2n) is 4.06. The molecule has 3 heteroatoms. The molecule has 0 bridgehead atoms. The lowest BCUT2D eigenvalue weighted by atomic mass is 9.95. The number of halogens is 1. The van der Waals surface area contributed by atoms with E-state index in [4.69, 9.17) is 4.74 Å². The normalized spacial score (nSPS) is 11.5. The van der Waals surface area contributed by atoms with Gasteiger partial charge in [0.2, 0.25) is 0 Å². The van der Waals surface area contributed by atoms with E-state index in [1.807, 2.05) is 0 Å². The van der Waals surface area contributed by atoms with Gasteiger partial charge in [-0.3, -0.25) is 4.79 Å². The average molecular weight is 210 g/mol. The fourth-order valence-corrected chi connectivity index (χ4v) is 1.31. The first-order chi connectivity index (χ1) is 6.86. The summed E-state index contributed by atoms with van der Waals surface area (Å²) in [4.78, 5) is 11.9. The van der Waals surface area contributed by atoms with Crippen LogP contribution in [0.4, 0.5) is 4.39 Å². The van der Waals surface area contributed by atoms with Crippen LogP contribution in [0.5, 0.6) is 0 Å². The van der Waals surface area contributed by atoms with Crippen LogP contribution in [0.15, 0.2) is 18.2 Å². The molecule has 0 aromatic heterocycles. The van der Waals surface area contributed by atoms with Gasteiger partial charge in [-0.15, -0.1) is 0 Å². The fourth-order valence-electron chi connectivity index (χ4n) is 1.31. The van der Waals surface area contributed by atoms with Gasteiger partial charge in [-0.1, -0.05) is 0 Å². The minimum absolute atomic E-state index is 0.215. The first kappa shape index (κ1) is 11.9. The number of hydrogen-bond donors (Lipinski definition) is 0. The smallest absolute Gasteiger partial charge is 0.194 e. The fraction of sp³-hybridized carbons (Fsp3) is 0.417. The summed E-state index contributed by atoms with van der Waals surface area (Å²) in [5, 5.41) is 0. The maximum absolute atomic E-state index is 13.1. The Morgan fingerprint density at radius 1 is 1.33 bits per heavy atom. The van der Waals surface area contributed by atoms with Crippen LogP contribution in [-0.2, 0) is 4.74 Å². The summed E-state index contributed by atoms with van der Waals surface area (Å²) in [6, 6.07) is 4.28. The van der Waals surface area contributed by atoms with Crippen molar-refractivity contribution >= 4 is 5.78 Å². The molecule has 0 radical (unpaired) electrons. The van der Waals surface area contributed by atoms with E-state index in [2.05, 4.69) is 0 Å². The van der Waals surface area contributed by atoms with Crippen LogP contribution in [0.25, 0.3) is 0 Å². The molecular formula is C12H15FO2. The third-order valence-electron chi connectivity index (χ3n) is 2.36. The predicted octanol–water partition coefficient (Wildman–Crippen LogP) is 2.74. The standard InChI is InChI=1S/C12H15FO2/c1-8-5-9(7-10(13)6-8)11(14)12(2,3)15-4/h5-7H,1-4H3. The van der Waals surface area contributed by atoms with E-state index < -0.39 is 11.4 Å². The molecule has 0 aliphatic carbocycles. The zero-order valence-electron chi connectivity index (χ0n) is 9.43. The van der Waals surface area contributed by atoms with E-state index in [0.717, 1.165) is 5.56 Å². The predicted molar refractivity (Wildman–Crippen MR) is 56.6 cm³/mol. The Bertz CT molecular complexity index is 363.